The molecule has 3 rings (SSSR count). The van der Waals surface area contributed by atoms with Gasteiger partial charge in [-0.2, -0.15) is 0 Å². The molecule has 130 valence electrons. The zero-order valence-electron chi connectivity index (χ0n) is 13.8. The molecule has 2 aromatic rings. The van der Waals surface area contributed by atoms with Gasteiger partial charge in [0.2, 0.25) is 12.4 Å². The Kier molecular flexibility index (Phi) is 6.75. The fourth-order valence-corrected chi connectivity index (χ4v) is 3.01. The molecule has 0 radical (unpaired) electrons. The molecule has 1 heterocycles. The highest BCUT2D eigenvalue weighted by Crippen LogP contribution is 2.23. The van der Waals surface area contributed by atoms with Gasteiger partial charge >= 0.3 is 0 Å². The number of rotatable bonds is 4. The summed E-state index contributed by atoms with van der Waals surface area (Å²) < 4.78 is 33.0. The van der Waals surface area contributed by atoms with Gasteiger partial charge in [-0.05, 0) is 37.8 Å². The maximum atomic E-state index is 10.4. The summed E-state index contributed by atoms with van der Waals surface area (Å²) in [6, 6.07) is 11.7. The van der Waals surface area contributed by atoms with Crippen LogP contribution >= 0.6 is 0 Å². The van der Waals surface area contributed by atoms with Crippen molar-refractivity contribution in [1.82, 2.24) is 0 Å². The second-order valence-electron chi connectivity index (χ2n) is 5.95. The van der Waals surface area contributed by atoms with Gasteiger partial charge < -0.3 is 4.55 Å². The predicted molar refractivity (Wildman–Crippen MR) is 89.2 cm³/mol. The van der Waals surface area contributed by atoms with E-state index in [1.807, 2.05) is 37.5 Å². The van der Waals surface area contributed by atoms with E-state index in [2.05, 4.69) is 0 Å². The average Bonchev–Trinajstić information content (AvgIpc) is 3.08. The number of hydrogen-bond acceptors (Lipinski definition) is 4. The van der Waals surface area contributed by atoms with Gasteiger partial charge in [-0.3, -0.25) is 4.84 Å². The van der Waals surface area contributed by atoms with Gasteiger partial charge in [0.05, 0.1) is 4.90 Å². The summed E-state index contributed by atoms with van der Waals surface area (Å²) in [6.45, 7) is 2.69. The normalized spacial score (nSPS) is 14.8. The minimum atomic E-state index is -4.27. The van der Waals surface area contributed by atoms with Gasteiger partial charge in [0.25, 0.3) is 0 Å². The van der Waals surface area contributed by atoms with E-state index in [0.29, 0.717) is 0 Å². The molecule has 0 atom stereocenters. The Hall–Kier alpha value is -1.92. The smallest absolute Gasteiger partial charge is 0.222 e. The van der Waals surface area contributed by atoms with Crippen LogP contribution in [0.15, 0.2) is 59.8 Å². The number of benzene rings is 1. The Balaban J connectivity index is 0.000000177. The molecule has 1 fully saturated rings. The molecule has 6 heteroatoms. The summed E-state index contributed by atoms with van der Waals surface area (Å²) in [5.41, 5.74) is 0.928. The van der Waals surface area contributed by atoms with E-state index < -0.39 is 10.1 Å². The van der Waals surface area contributed by atoms with Crippen molar-refractivity contribution >= 4 is 10.1 Å². The Morgan fingerprint density at radius 2 is 1.67 bits per heavy atom. The van der Waals surface area contributed by atoms with Gasteiger partial charge in [0.1, 0.15) is 10.1 Å². The third-order valence-electron chi connectivity index (χ3n) is 3.93. The van der Waals surface area contributed by atoms with Crippen molar-refractivity contribution in [2.45, 2.75) is 37.5 Å². The minimum absolute atomic E-state index is 0.178. The van der Waals surface area contributed by atoms with Crippen LogP contribution in [-0.2, 0) is 10.1 Å². The largest absolute Gasteiger partial charge is 0.744 e. The molecule has 1 aliphatic carbocycles. The first-order valence-corrected chi connectivity index (χ1v) is 9.48. The lowest BCUT2D eigenvalue weighted by Crippen LogP contribution is -2.43. The molecule has 1 aromatic heterocycles. The van der Waals surface area contributed by atoms with Crippen molar-refractivity contribution in [3.63, 3.8) is 0 Å². The molecular weight excluding hydrogens is 326 g/mol. The zero-order chi connectivity index (χ0) is 17.4. The molecule has 5 nitrogen and oxygen atoms in total. The van der Waals surface area contributed by atoms with Crippen LogP contribution in [0.4, 0.5) is 0 Å². The van der Waals surface area contributed by atoms with Crippen molar-refractivity contribution < 1.29 is 22.5 Å². The summed E-state index contributed by atoms with van der Waals surface area (Å²) in [4.78, 5) is 5.43. The number of nitrogens with zero attached hydrogens (tertiary/aromatic N) is 1. The van der Waals surface area contributed by atoms with E-state index in [-0.39, 0.29) is 4.90 Å². The lowest BCUT2D eigenvalue weighted by atomic mass is 10.1. The Bertz CT molecular complexity index is 708. The maximum Gasteiger partial charge on any atom is 0.222 e. The van der Waals surface area contributed by atoms with E-state index in [1.54, 1.807) is 16.9 Å². The molecule has 0 aliphatic heterocycles. The predicted octanol–water partition coefficient (Wildman–Crippen LogP) is 2.49. The van der Waals surface area contributed by atoms with Gasteiger partial charge in [-0.15, -0.1) is 0 Å². The molecule has 0 saturated heterocycles. The number of pyridine rings is 1. The molecule has 0 unspecified atom stereocenters. The van der Waals surface area contributed by atoms with Crippen molar-refractivity contribution in [2.75, 3.05) is 6.61 Å². The standard InChI is InChI=1S/C11H16NO.C7H8O3S/c1-4-8-12(9-5-1)13-10-11-6-2-3-7-11;1-6-2-4-7(5-3-6)11(8,9)10/h1,4-5,8-9,11H,2-3,6-7,10H2;2-5H,1H3,(H,8,9,10)/q+1;/p-1. The second-order valence-corrected chi connectivity index (χ2v) is 7.33. The van der Waals surface area contributed by atoms with E-state index in [4.69, 9.17) is 4.84 Å². The minimum Gasteiger partial charge on any atom is -0.744 e. The van der Waals surface area contributed by atoms with E-state index >= 15 is 0 Å². The topological polar surface area (TPSA) is 70.3 Å². The lowest BCUT2D eigenvalue weighted by molar-refractivity contribution is -0.892. The summed E-state index contributed by atoms with van der Waals surface area (Å²) in [6.07, 6.45) is 9.33. The van der Waals surface area contributed by atoms with E-state index in [1.165, 1.54) is 37.8 Å². The first kappa shape index (κ1) is 18.4. The van der Waals surface area contributed by atoms with Crippen LogP contribution in [-0.4, -0.2) is 19.6 Å². The Morgan fingerprint density at radius 1 is 1.08 bits per heavy atom. The zero-order valence-corrected chi connectivity index (χ0v) is 14.6. The highest BCUT2D eigenvalue weighted by molar-refractivity contribution is 7.85. The van der Waals surface area contributed by atoms with Crippen LogP contribution in [0.1, 0.15) is 31.2 Å². The molecule has 1 saturated carbocycles. The Labute approximate surface area is 143 Å². The van der Waals surface area contributed by atoms with Gasteiger partial charge in [-0.1, -0.05) is 36.6 Å². The third-order valence-corrected chi connectivity index (χ3v) is 4.78. The lowest BCUT2D eigenvalue weighted by Gasteiger charge is -2.05. The molecule has 1 aromatic carbocycles. The van der Waals surface area contributed by atoms with Crippen LogP contribution < -0.4 is 9.57 Å². The molecule has 0 N–H and O–H groups in total. The molecular formula is C18H23NO4S. The van der Waals surface area contributed by atoms with Gasteiger partial charge in [0, 0.05) is 16.9 Å². The van der Waals surface area contributed by atoms with Crippen LogP contribution in [0.2, 0.25) is 0 Å². The molecule has 0 bridgehead atoms. The highest BCUT2D eigenvalue weighted by atomic mass is 32.2. The maximum absolute atomic E-state index is 10.4. The van der Waals surface area contributed by atoms with Crippen molar-refractivity contribution in [3.8, 4) is 0 Å². The van der Waals surface area contributed by atoms with Crippen molar-refractivity contribution in [1.29, 1.82) is 0 Å². The van der Waals surface area contributed by atoms with Crippen LogP contribution in [0.25, 0.3) is 0 Å². The van der Waals surface area contributed by atoms with Crippen molar-refractivity contribution in [3.05, 3.63) is 60.4 Å². The first-order valence-electron chi connectivity index (χ1n) is 8.07. The van der Waals surface area contributed by atoms with E-state index in [0.717, 1.165) is 18.1 Å². The summed E-state index contributed by atoms with van der Waals surface area (Å²) in [5, 5.41) is 0. The fourth-order valence-electron chi connectivity index (χ4n) is 2.54. The van der Waals surface area contributed by atoms with Crippen LogP contribution in [0, 0.1) is 12.8 Å². The Morgan fingerprint density at radius 3 is 2.21 bits per heavy atom. The second kappa shape index (κ2) is 8.80. The van der Waals surface area contributed by atoms with Crippen molar-refractivity contribution in [2.24, 2.45) is 5.92 Å². The van der Waals surface area contributed by atoms with Crippen LogP contribution in [0.3, 0.4) is 0 Å². The monoisotopic (exact) mass is 349 g/mol. The summed E-state index contributed by atoms with van der Waals surface area (Å²) >= 11 is 0. The third kappa shape index (κ3) is 6.29. The summed E-state index contributed by atoms with van der Waals surface area (Å²) in [7, 11) is -4.27. The average molecular weight is 349 g/mol. The van der Waals surface area contributed by atoms with Gasteiger partial charge in [0.15, 0.2) is 6.61 Å². The molecule has 24 heavy (non-hydrogen) atoms. The number of aromatic nitrogens is 1. The molecule has 0 spiro atoms. The number of hydrogen-bond donors (Lipinski definition) is 0. The SMILES string of the molecule is Cc1ccc(S(=O)(=O)[O-])cc1.c1cc[n+](OCC2CCCC2)cc1. The molecule has 0 amide bonds. The number of aryl methyl sites for hydroxylation is 1. The van der Waals surface area contributed by atoms with E-state index in [9.17, 15) is 13.0 Å². The quantitative estimate of drug-likeness (QED) is 0.628. The van der Waals surface area contributed by atoms with Crippen LogP contribution in [0.5, 0.6) is 0 Å². The first-order chi connectivity index (χ1) is 11.4. The van der Waals surface area contributed by atoms with Gasteiger partial charge in [-0.25, -0.2) is 8.42 Å². The molecule has 1 aliphatic rings. The summed E-state index contributed by atoms with van der Waals surface area (Å²) in [5.74, 6) is 0.785. The highest BCUT2D eigenvalue weighted by Gasteiger charge is 2.17. The fraction of sp³-hybridized carbons (Fsp3) is 0.389.